The number of carbonyl (C=O) groups excluding carboxylic acids is 3. The SMILES string of the molecule is O=C1NC(=O)N(Cc2csc(=O)[nH]2)C(=O)C1C1CCCC1. The van der Waals surface area contributed by atoms with E-state index in [2.05, 4.69) is 10.3 Å². The number of aromatic nitrogens is 1. The minimum atomic E-state index is -0.782. The molecule has 1 aromatic heterocycles. The second-order valence-electron chi connectivity index (χ2n) is 5.41. The van der Waals surface area contributed by atoms with Crippen molar-refractivity contribution in [2.24, 2.45) is 11.8 Å². The van der Waals surface area contributed by atoms with Crippen LogP contribution in [0, 0.1) is 11.8 Å². The highest BCUT2D eigenvalue weighted by Crippen LogP contribution is 2.34. The lowest BCUT2D eigenvalue weighted by Crippen LogP contribution is -2.59. The number of hydrogen-bond donors (Lipinski definition) is 2. The third-order valence-corrected chi connectivity index (χ3v) is 4.78. The summed E-state index contributed by atoms with van der Waals surface area (Å²) in [5.74, 6) is -1.72. The molecule has 1 aliphatic heterocycles. The van der Waals surface area contributed by atoms with E-state index < -0.39 is 23.8 Å². The van der Waals surface area contributed by atoms with Crippen LogP contribution in [0.1, 0.15) is 31.4 Å². The summed E-state index contributed by atoms with van der Waals surface area (Å²) in [6.45, 7) is -0.0140. The van der Waals surface area contributed by atoms with Crippen molar-refractivity contribution >= 4 is 29.2 Å². The van der Waals surface area contributed by atoms with Gasteiger partial charge in [-0.2, -0.15) is 0 Å². The molecule has 21 heavy (non-hydrogen) atoms. The highest BCUT2D eigenvalue weighted by atomic mass is 32.1. The summed E-state index contributed by atoms with van der Waals surface area (Å²) in [5.41, 5.74) is 0.494. The van der Waals surface area contributed by atoms with Gasteiger partial charge in [0.15, 0.2) is 0 Å². The van der Waals surface area contributed by atoms with Crippen LogP contribution < -0.4 is 10.2 Å². The summed E-state index contributed by atoms with van der Waals surface area (Å²) in [7, 11) is 0. The molecule has 8 heteroatoms. The first kappa shape index (κ1) is 14.0. The van der Waals surface area contributed by atoms with E-state index in [4.69, 9.17) is 0 Å². The number of rotatable bonds is 3. The summed E-state index contributed by atoms with van der Waals surface area (Å²) >= 11 is 0.974. The predicted octanol–water partition coefficient (Wildman–Crippen LogP) is 0.821. The number of amides is 4. The van der Waals surface area contributed by atoms with E-state index in [-0.39, 0.29) is 17.3 Å². The molecule has 0 spiro atoms. The van der Waals surface area contributed by atoms with Crippen LogP contribution in [0.2, 0.25) is 0 Å². The molecule has 1 atom stereocenters. The van der Waals surface area contributed by atoms with Crippen molar-refractivity contribution in [3.05, 3.63) is 20.7 Å². The van der Waals surface area contributed by atoms with Crippen molar-refractivity contribution < 1.29 is 14.4 Å². The average molecular weight is 309 g/mol. The van der Waals surface area contributed by atoms with Gasteiger partial charge in [0.1, 0.15) is 5.92 Å². The molecule has 112 valence electrons. The van der Waals surface area contributed by atoms with Crippen LogP contribution >= 0.6 is 11.3 Å². The number of carbonyl (C=O) groups is 3. The Hall–Kier alpha value is -1.96. The van der Waals surface area contributed by atoms with Gasteiger partial charge in [0, 0.05) is 11.1 Å². The molecule has 0 aromatic carbocycles. The number of nitrogens with zero attached hydrogens (tertiary/aromatic N) is 1. The monoisotopic (exact) mass is 309 g/mol. The Bertz CT molecular complexity index is 644. The normalized spacial score (nSPS) is 23.7. The van der Waals surface area contributed by atoms with Crippen molar-refractivity contribution in [2.75, 3.05) is 0 Å². The zero-order valence-corrected chi connectivity index (χ0v) is 12.1. The highest BCUT2D eigenvalue weighted by molar-refractivity contribution is 7.07. The molecule has 2 aliphatic rings. The number of H-pyrrole nitrogens is 1. The Balaban J connectivity index is 1.82. The van der Waals surface area contributed by atoms with Crippen LogP contribution in [0.5, 0.6) is 0 Å². The summed E-state index contributed by atoms with van der Waals surface area (Å²) in [6, 6.07) is -0.716. The molecule has 0 bridgehead atoms. The van der Waals surface area contributed by atoms with Crippen molar-refractivity contribution in [1.29, 1.82) is 0 Å². The van der Waals surface area contributed by atoms with E-state index in [9.17, 15) is 19.2 Å². The average Bonchev–Trinajstić information content (AvgIpc) is 3.06. The lowest BCUT2D eigenvalue weighted by Gasteiger charge is -2.32. The molecular formula is C13H15N3O4S. The Morgan fingerprint density at radius 2 is 1.90 bits per heavy atom. The van der Waals surface area contributed by atoms with E-state index >= 15 is 0 Å². The quantitative estimate of drug-likeness (QED) is 0.807. The van der Waals surface area contributed by atoms with Gasteiger partial charge >= 0.3 is 10.9 Å². The lowest BCUT2D eigenvalue weighted by atomic mass is 9.87. The maximum Gasteiger partial charge on any atom is 0.331 e. The molecule has 1 aliphatic carbocycles. The molecular weight excluding hydrogens is 294 g/mol. The van der Waals surface area contributed by atoms with E-state index in [1.807, 2.05) is 0 Å². The van der Waals surface area contributed by atoms with Crippen LogP contribution in [0.15, 0.2) is 10.2 Å². The van der Waals surface area contributed by atoms with Gasteiger partial charge in [-0.25, -0.2) is 4.79 Å². The zero-order chi connectivity index (χ0) is 15.0. The smallest absolute Gasteiger partial charge is 0.315 e. The molecule has 2 fully saturated rings. The first-order valence-corrected chi connectivity index (χ1v) is 7.77. The summed E-state index contributed by atoms with van der Waals surface area (Å²) in [5, 5.41) is 3.83. The van der Waals surface area contributed by atoms with Gasteiger partial charge in [0.25, 0.3) is 0 Å². The molecule has 1 unspecified atom stereocenters. The van der Waals surface area contributed by atoms with Gasteiger partial charge in [-0.3, -0.25) is 24.6 Å². The molecule has 3 rings (SSSR count). The molecule has 0 radical (unpaired) electrons. The Morgan fingerprint density at radius 1 is 1.19 bits per heavy atom. The van der Waals surface area contributed by atoms with E-state index in [0.717, 1.165) is 41.9 Å². The standard InChI is InChI=1S/C13H15N3O4S/c17-10-9(7-3-1-2-4-7)11(18)16(12(19)15-10)5-8-6-21-13(20)14-8/h6-7,9H,1-5H2,(H,14,20)(H,15,17,19). The Kier molecular flexibility index (Phi) is 3.62. The molecule has 1 saturated heterocycles. The maximum absolute atomic E-state index is 12.5. The van der Waals surface area contributed by atoms with Crippen molar-refractivity contribution in [1.82, 2.24) is 15.2 Å². The van der Waals surface area contributed by atoms with Crippen molar-refractivity contribution in [3.63, 3.8) is 0 Å². The number of barbiturate groups is 1. The fourth-order valence-corrected chi connectivity index (χ4v) is 3.62. The van der Waals surface area contributed by atoms with Crippen molar-refractivity contribution in [3.8, 4) is 0 Å². The Morgan fingerprint density at radius 3 is 2.52 bits per heavy atom. The molecule has 1 aromatic rings. The van der Waals surface area contributed by atoms with Gasteiger partial charge in [0.2, 0.25) is 11.8 Å². The van der Waals surface area contributed by atoms with Gasteiger partial charge in [0.05, 0.1) is 6.54 Å². The van der Waals surface area contributed by atoms with Gasteiger partial charge in [-0.15, -0.1) is 0 Å². The number of urea groups is 1. The van der Waals surface area contributed by atoms with E-state index in [1.165, 1.54) is 0 Å². The van der Waals surface area contributed by atoms with Crippen LogP contribution in [0.4, 0.5) is 4.79 Å². The fourth-order valence-electron chi connectivity index (χ4n) is 3.05. The number of hydrogen-bond acceptors (Lipinski definition) is 5. The zero-order valence-electron chi connectivity index (χ0n) is 11.3. The number of imide groups is 2. The van der Waals surface area contributed by atoms with Crippen LogP contribution in [0.25, 0.3) is 0 Å². The van der Waals surface area contributed by atoms with Gasteiger partial charge < -0.3 is 4.98 Å². The van der Waals surface area contributed by atoms with Crippen LogP contribution in [-0.2, 0) is 16.1 Å². The molecule has 2 N–H and O–H groups in total. The minimum Gasteiger partial charge on any atom is -0.315 e. The number of aromatic amines is 1. The molecule has 2 heterocycles. The first-order valence-electron chi connectivity index (χ1n) is 6.89. The molecule has 7 nitrogen and oxygen atoms in total. The highest BCUT2D eigenvalue weighted by Gasteiger charge is 2.45. The molecule has 4 amide bonds. The second-order valence-corrected chi connectivity index (χ2v) is 6.26. The summed E-state index contributed by atoms with van der Waals surface area (Å²) in [6.07, 6.45) is 3.68. The van der Waals surface area contributed by atoms with Crippen LogP contribution in [0.3, 0.4) is 0 Å². The maximum atomic E-state index is 12.5. The van der Waals surface area contributed by atoms with E-state index in [1.54, 1.807) is 5.38 Å². The first-order chi connectivity index (χ1) is 10.1. The summed E-state index contributed by atoms with van der Waals surface area (Å²) < 4.78 is 0. The fraction of sp³-hybridized carbons (Fsp3) is 0.538. The van der Waals surface area contributed by atoms with Crippen LogP contribution in [-0.4, -0.2) is 27.7 Å². The van der Waals surface area contributed by atoms with Crippen molar-refractivity contribution in [2.45, 2.75) is 32.2 Å². The third kappa shape index (κ3) is 2.63. The predicted molar refractivity (Wildman–Crippen MR) is 74.5 cm³/mol. The second kappa shape index (κ2) is 5.44. The largest absolute Gasteiger partial charge is 0.331 e. The Labute approximate surface area is 124 Å². The third-order valence-electron chi connectivity index (χ3n) is 4.06. The minimum absolute atomic E-state index is 0.00891. The topological polar surface area (TPSA) is 99.3 Å². The lowest BCUT2D eigenvalue weighted by molar-refractivity contribution is -0.145. The van der Waals surface area contributed by atoms with Gasteiger partial charge in [-0.1, -0.05) is 24.2 Å². The van der Waals surface area contributed by atoms with Gasteiger partial charge in [-0.05, 0) is 18.8 Å². The number of thiazole rings is 1. The molecule has 1 saturated carbocycles. The number of nitrogens with one attached hydrogen (secondary N) is 2. The summed E-state index contributed by atoms with van der Waals surface area (Å²) in [4.78, 5) is 50.8. The van der Waals surface area contributed by atoms with E-state index in [0.29, 0.717) is 5.69 Å².